The lowest BCUT2D eigenvalue weighted by atomic mass is 10.2. The minimum atomic E-state index is -0.868. The van der Waals surface area contributed by atoms with Crippen molar-refractivity contribution >= 4 is 11.0 Å². The number of para-hydroxylation sites is 1. The van der Waals surface area contributed by atoms with E-state index in [0.29, 0.717) is 0 Å². The molecule has 0 saturated heterocycles. The third-order valence-electron chi connectivity index (χ3n) is 1.97. The lowest BCUT2D eigenvalue weighted by molar-refractivity contribution is 0.466. The molecule has 1 heterocycles. The molecule has 0 bridgehead atoms. The number of nitrogens with zero attached hydrogens (tertiary/aromatic N) is 1. The van der Waals surface area contributed by atoms with Crippen LogP contribution in [0.15, 0.2) is 32.2 Å². The first-order chi connectivity index (χ1) is 6.61. The molecule has 0 amide bonds. The van der Waals surface area contributed by atoms with Gasteiger partial charge in [0.25, 0.3) is 5.56 Å². The Labute approximate surface area is 77.2 Å². The van der Waals surface area contributed by atoms with E-state index < -0.39 is 17.1 Å². The highest BCUT2D eigenvalue weighted by molar-refractivity contribution is 5.75. The van der Waals surface area contributed by atoms with Crippen molar-refractivity contribution in [1.82, 2.24) is 4.57 Å². The van der Waals surface area contributed by atoms with E-state index in [9.17, 15) is 14.0 Å². The van der Waals surface area contributed by atoms with Crippen molar-refractivity contribution in [3.63, 3.8) is 0 Å². The van der Waals surface area contributed by atoms with Crippen LogP contribution in [0.4, 0.5) is 4.39 Å². The van der Waals surface area contributed by atoms with E-state index in [2.05, 4.69) is 4.42 Å². The van der Waals surface area contributed by atoms with Crippen LogP contribution in [0.2, 0.25) is 0 Å². The molecule has 1 aromatic carbocycles. The van der Waals surface area contributed by atoms with Gasteiger partial charge in [-0.2, -0.15) is 0 Å². The fraction of sp³-hybridized carbons (Fsp3) is 0.111. The molecule has 72 valence electrons. The summed E-state index contributed by atoms with van der Waals surface area (Å²) in [5, 5.41) is 0.0621. The Hall–Kier alpha value is -1.91. The average Bonchev–Trinajstić information content (AvgIpc) is 2.17. The molecule has 0 atom stereocenters. The van der Waals surface area contributed by atoms with Gasteiger partial charge in [-0.05, 0) is 12.1 Å². The van der Waals surface area contributed by atoms with Crippen LogP contribution >= 0.6 is 0 Å². The number of halogens is 1. The van der Waals surface area contributed by atoms with Gasteiger partial charge in [0.2, 0.25) is 0 Å². The van der Waals surface area contributed by atoms with E-state index in [1.54, 1.807) is 0 Å². The summed E-state index contributed by atoms with van der Waals surface area (Å²) in [6, 6.07) is 3.92. The summed E-state index contributed by atoms with van der Waals surface area (Å²) in [6.07, 6.45) is 0. The van der Waals surface area contributed by atoms with Crippen molar-refractivity contribution in [2.75, 3.05) is 0 Å². The second-order valence-electron chi connectivity index (χ2n) is 2.85. The SMILES string of the molecule is Cn1c(=O)oc2c(F)cccc2c1=O. The molecule has 0 N–H and O–H groups in total. The summed E-state index contributed by atoms with van der Waals surface area (Å²) in [4.78, 5) is 22.5. The van der Waals surface area contributed by atoms with E-state index >= 15 is 0 Å². The van der Waals surface area contributed by atoms with Gasteiger partial charge in [-0.3, -0.25) is 4.79 Å². The first-order valence-corrected chi connectivity index (χ1v) is 3.89. The lowest BCUT2D eigenvalue weighted by Crippen LogP contribution is -2.29. The quantitative estimate of drug-likeness (QED) is 0.619. The smallest absolute Gasteiger partial charge is 0.406 e. The van der Waals surface area contributed by atoms with Gasteiger partial charge in [-0.1, -0.05) is 6.07 Å². The van der Waals surface area contributed by atoms with Gasteiger partial charge in [-0.25, -0.2) is 13.8 Å². The molecule has 0 aliphatic rings. The van der Waals surface area contributed by atoms with E-state index in [0.717, 1.165) is 10.6 Å². The molecule has 14 heavy (non-hydrogen) atoms. The molecular formula is C9H6FNO3. The molecule has 0 radical (unpaired) electrons. The van der Waals surface area contributed by atoms with Crippen LogP contribution in [-0.4, -0.2) is 4.57 Å². The fourth-order valence-electron chi connectivity index (χ4n) is 1.20. The van der Waals surface area contributed by atoms with Gasteiger partial charge in [0.15, 0.2) is 11.4 Å². The predicted octanol–water partition coefficient (Wildman–Crippen LogP) is 0.631. The van der Waals surface area contributed by atoms with Crippen LogP contribution in [0, 0.1) is 5.82 Å². The van der Waals surface area contributed by atoms with E-state index in [-0.39, 0.29) is 11.0 Å². The van der Waals surface area contributed by atoms with Crippen molar-refractivity contribution in [2.45, 2.75) is 0 Å². The zero-order valence-electron chi connectivity index (χ0n) is 7.28. The van der Waals surface area contributed by atoms with Crippen LogP contribution in [0.25, 0.3) is 11.0 Å². The largest absolute Gasteiger partial charge is 0.422 e. The summed E-state index contributed by atoms with van der Waals surface area (Å²) >= 11 is 0. The second-order valence-corrected chi connectivity index (χ2v) is 2.85. The maximum Gasteiger partial charge on any atom is 0.422 e. The number of rotatable bonds is 0. The number of fused-ring (bicyclic) bond motifs is 1. The molecule has 5 heteroatoms. The first kappa shape index (κ1) is 8.68. The van der Waals surface area contributed by atoms with Gasteiger partial charge < -0.3 is 4.42 Å². The van der Waals surface area contributed by atoms with Crippen LogP contribution in [0.5, 0.6) is 0 Å². The molecule has 0 aliphatic carbocycles. The molecule has 2 aromatic rings. The highest BCUT2D eigenvalue weighted by Crippen LogP contribution is 2.11. The van der Waals surface area contributed by atoms with Gasteiger partial charge in [0.05, 0.1) is 5.39 Å². The van der Waals surface area contributed by atoms with E-state index in [4.69, 9.17) is 0 Å². The predicted molar refractivity (Wildman–Crippen MR) is 47.7 cm³/mol. The Morgan fingerprint density at radius 1 is 1.36 bits per heavy atom. The Bertz CT molecular complexity index is 611. The molecule has 0 saturated carbocycles. The lowest BCUT2D eigenvalue weighted by Gasteiger charge is -1.98. The molecule has 4 nitrogen and oxygen atoms in total. The van der Waals surface area contributed by atoms with Crippen molar-refractivity contribution in [3.8, 4) is 0 Å². The van der Waals surface area contributed by atoms with Crippen molar-refractivity contribution in [3.05, 3.63) is 44.9 Å². The standard InChI is InChI=1S/C9H6FNO3/c1-11-8(12)5-3-2-4-6(10)7(5)14-9(11)13/h2-4H,1H3. The normalized spacial score (nSPS) is 10.7. The van der Waals surface area contributed by atoms with Crippen LogP contribution in [0.3, 0.4) is 0 Å². The van der Waals surface area contributed by atoms with Crippen LogP contribution < -0.4 is 11.3 Å². The molecule has 0 aliphatic heterocycles. The monoisotopic (exact) mass is 195 g/mol. The minimum Gasteiger partial charge on any atom is -0.406 e. The molecule has 1 aromatic heterocycles. The molecule has 0 unspecified atom stereocenters. The summed E-state index contributed by atoms with van der Waals surface area (Å²) in [7, 11) is 1.28. The Balaban J connectivity index is 3.14. The van der Waals surface area contributed by atoms with Crippen molar-refractivity contribution < 1.29 is 8.81 Å². The maximum absolute atomic E-state index is 13.1. The molecular weight excluding hydrogens is 189 g/mol. The van der Waals surface area contributed by atoms with Gasteiger partial charge in [0, 0.05) is 7.05 Å². The molecule has 0 spiro atoms. The zero-order valence-corrected chi connectivity index (χ0v) is 7.28. The van der Waals surface area contributed by atoms with Crippen molar-refractivity contribution in [2.24, 2.45) is 7.05 Å². The van der Waals surface area contributed by atoms with Crippen molar-refractivity contribution in [1.29, 1.82) is 0 Å². The van der Waals surface area contributed by atoms with Gasteiger partial charge in [-0.15, -0.1) is 0 Å². The maximum atomic E-state index is 13.1. The zero-order chi connectivity index (χ0) is 10.3. The first-order valence-electron chi connectivity index (χ1n) is 3.89. The summed E-state index contributed by atoms with van der Waals surface area (Å²) in [5.41, 5.74) is -0.851. The summed E-state index contributed by atoms with van der Waals surface area (Å²) < 4.78 is 18.5. The van der Waals surface area contributed by atoms with Gasteiger partial charge >= 0.3 is 5.76 Å². The highest BCUT2D eigenvalue weighted by atomic mass is 19.1. The summed E-state index contributed by atoms with van der Waals surface area (Å²) in [6.45, 7) is 0. The number of benzene rings is 1. The number of aromatic nitrogens is 1. The second kappa shape index (κ2) is 2.80. The number of hydrogen-bond acceptors (Lipinski definition) is 3. The molecule has 2 rings (SSSR count). The average molecular weight is 195 g/mol. The van der Waals surface area contributed by atoms with E-state index in [1.807, 2.05) is 0 Å². The third-order valence-corrected chi connectivity index (χ3v) is 1.97. The topological polar surface area (TPSA) is 52.2 Å². The number of hydrogen-bond donors (Lipinski definition) is 0. The molecule has 0 fully saturated rings. The van der Waals surface area contributed by atoms with Gasteiger partial charge in [0.1, 0.15) is 0 Å². The van der Waals surface area contributed by atoms with Crippen LogP contribution in [0.1, 0.15) is 0 Å². The Morgan fingerprint density at radius 3 is 2.79 bits per heavy atom. The Kier molecular flexibility index (Phi) is 1.73. The summed E-state index contributed by atoms with van der Waals surface area (Å²) in [5.74, 6) is -1.58. The minimum absolute atomic E-state index is 0.0621. The third kappa shape index (κ3) is 1.06. The fourth-order valence-corrected chi connectivity index (χ4v) is 1.20. The highest BCUT2D eigenvalue weighted by Gasteiger charge is 2.09. The van der Waals surface area contributed by atoms with E-state index in [1.165, 1.54) is 19.2 Å². The van der Waals surface area contributed by atoms with Crippen LogP contribution in [-0.2, 0) is 7.05 Å². The Morgan fingerprint density at radius 2 is 2.07 bits per heavy atom.